The van der Waals surface area contributed by atoms with Crippen molar-refractivity contribution in [3.8, 4) is 6.07 Å². The van der Waals surface area contributed by atoms with Gasteiger partial charge in [-0.3, -0.25) is 4.79 Å². The summed E-state index contributed by atoms with van der Waals surface area (Å²) in [6.45, 7) is 3.18. The molecule has 1 fully saturated rings. The highest BCUT2D eigenvalue weighted by molar-refractivity contribution is 5.70. The van der Waals surface area contributed by atoms with Crippen LogP contribution in [-0.4, -0.2) is 29.1 Å². The monoisotopic (exact) mass is 231 g/mol. The zero-order chi connectivity index (χ0) is 12.4. The molecular formula is C12H13N3O2. The summed E-state index contributed by atoms with van der Waals surface area (Å²) in [4.78, 5) is 16.8. The third-order valence-electron chi connectivity index (χ3n) is 3.23. The quantitative estimate of drug-likeness (QED) is 0.843. The summed E-state index contributed by atoms with van der Waals surface area (Å²) < 4.78 is 0. The second-order valence-electron chi connectivity index (χ2n) is 4.30. The molecule has 2 rings (SSSR count). The van der Waals surface area contributed by atoms with E-state index in [0.717, 1.165) is 18.8 Å². The molecule has 1 saturated heterocycles. The Labute approximate surface area is 99.3 Å². The largest absolute Gasteiger partial charge is 0.481 e. The zero-order valence-electron chi connectivity index (χ0n) is 9.50. The molecular weight excluding hydrogens is 218 g/mol. The van der Waals surface area contributed by atoms with E-state index in [-0.39, 0.29) is 11.8 Å². The first-order valence-electron chi connectivity index (χ1n) is 5.45. The van der Waals surface area contributed by atoms with Gasteiger partial charge < -0.3 is 10.0 Å². The molecule has 88 valence electrons. The minimum absolute atomic E-state index is 0.186. The van der Waals surface area contributed by atoms with Gasteiger partial charge in [0, 0.05) is 30.9 Å². The van der Waals surface area contributed by atoms with E-state index in [9.17, 15) is 4.79 Å². The summed E-state index contributed by atoms with van der Waals surface area (Å²) in [6.07, 6.45) is 1.60. The van der Waals surface area contributed by atoms with E-state index in [1.807, 2.05) is 12.1 Å². The van der Waals surface area contributed by atoms with Crippen LogP contribution in [0.4, 0.5) is 5.69 Å². The Balaban J connectivity index is 2.00. The van der Waals surface area contributed by atoms with Gasteiger partial charge in [-0.15, -0.1) is 0 Å². The van der Waals surface area contributed by atoms with Crippen LogP contribution in [0.15, 0.2) is 18.3 Å². The molecule has 0 bridgehead atoms. The average molecular weight is 231 g/mol. The smallest absolute Gasteiger partial charge is 0.306 e. The number of carboxylic acids is 1. The van der Waals surface area contributed by atoms with E-state index in [2.05, 4.69) is 9.88 Å². The molecule has 0 saturated carbocycles. The van der Waals surface area contributed by atoms with Crippen LogP contribution in [0.2, 0.25) is 0 Å². The van der Waals surface area contributed by atoms with Crippen molar-refractivity contribution < 1.29 is 9.90 Å². The summed E-state index contributed by atoms with van der Waals surface area (Å²) in [5.41, 5.74) is 1.32. The Bertz CT molecular complexity index is 475. The second-order valence-corrected chi connectivity index (χ2v) is 4.30. The van der Waals surface area contributed by atoms with Crippen LogP contribution in [0.1, 0.15) is 12.6 Å². The van der Waals surface area contributed by atoms with Gasteiger partial charge in [-0.05, 0) is 12.1 Å². The standard InChI is InChI=1S/C12H13N3O2/c1-8(12(16)17)9-6-15(7-9)11-2-3-14-10(4-11)5-13/h2-4,8-9H,6-7H2,1H3,(H,16,17). The van der Waals surface area contributed by atoms with Gasteiger partial charge in [0.1, 0.15) is 11.8 Å². The van der Waals surface area contributed by atoms with E-state index >= 15 is 0 Å². The van der Waals surface area contributed by atoms with Gasteiger partial charge in [0.05, 0.1) is 5.92 Å². The molecule has 1 atom stereocenters. The lowest BCUT2D eigenvalue weighted by atomic mass is 9.87. The first-order chi connectivity index (χ1) is 8.11. The number of carboxylic acid groups (broad SMARTS) is 1. The second kappa shape index (κ2) is 4.42. The molecule has 2 heterocycles. The lowest BCUT2D eigenvalue weighted by Crippen LogP contribution is -2.51. The number of hydrogen-bond acceptors (Lipinski definition) is 4. The van der Waals surface area contributed by atoms with Gasteiger partial charge in [0.15, 0.2) is 0 Å². The van der Waals surface area contributed by atoms with Crippen molar-refractivity contribution in [3.05, 3.63) is 24.0 Å². The molecule has 5 heteroatoms. The fourth-order valence-electron chi connectivity index (χ4n) is 1.92. The Morgan fingerprint density at radius 2 is 2.41 bits per heavy atom. The van der Waals surface area contributed by atoms with Gasteiger partial charge in [-0.2, -0.15) is 5.26 Å². The highest BCUT2D eigenvalue weighted by atomic mass is 16.4. The fourth-order valence-corrected chi connectivity index (χ4v) is 1.92. The molecule has 1 N–H and O–H groups in total. The lowest BCUT2D eigenvalue weighted by molar-refractivity contribution is -0.143. The van der Waals surface area contributed by atoms with Crippen molar-refractivity contribution in [1.29, 1.82) is 5.26 Å². The number of anilines is 1. The molecule has 17 heavy (non-hydrogen) atoms. The number of rotatable bonds is 3. The third kappa shape index (κ3) is 2.21. The Morgan fingerprint density at radius 1 is 1.71 bits per heavy atom. The predicted octanol–water partition coefficient (Wildman–Crippen LogP) is 1.11. The highest BCUT2D eigenvalue weighted by Gasteiger charge is 2.34. The molecule has 1 unspecified atom stereocenters. The van der Waals surface area contributed by atoms with Crippen molar-refractivity contribution in [2.24, 2.45) is 11.8 Å². The number of carbonyl (C=O) groups is 1. The summed E-state index contributed by atoms with van der Waals surface area (Å²) in [5.74, 6) is -0.878. The molecule has 1 aliphatic rings. The van der Waals surface area contributed by atoms with Gasteiger partial charge in [-0.25, -0.2) is 4.98 Å². The minimum Gasteiger partial charge on any atom is -0.481 e. The molecule has 1 aromatic rings. The minimum atomic E-state index is -0.748. The zero-order valence-corrected chi connectivity index (χ0v) is 9.50. The van der Waals surface area contributed by atoms with Crippen LogP contribution in [0.5, 0.6) is 0 Å². The summed E-state index contributed by atoms with van der Waals surface area (Å²) in [5, 5.41) is 17.6. The van der Waals surface area contributed by atoms with Crippen molar-refractivity contribution >= 4 is 11.7 Å². The van der Waals surface area contributed by atoms with Crippen molar-refractivity contribution in [3.63, 3.8) is 0 Å². The number of nitrogens with zero attached hydrogens (tertiary/aromatic N) is 3. The maximum atomic E-state index is 10.8. The van der Waals surface area contributed by atoms with E-state index < -0.39 is 5.97 Å². The summed E-state index contributed by atoms with van der Waals surface area (Å²) in [6, 6.07) is 5.55. The number of hydrogen-bond donors (Lipinski definition) is 1. The van der Waals surface area contributed by atoms with E-state index in [0.29, 0.717) is 5.69 Å². The maximum absolute atomic E-state index is 10.8. The molecule has 0 amide bonds. The molecule has 0 aliphatic carbocycles. The number of aromatic nitrogens is 1. The Kier molecular flexibility index (Phi) is 2.96. The van der Waals surface area contributed by atoms with Gasteiger partial charge >= 0.3 is 5.97 Å². The van der Waals surface area contributed by atoms with Crippen LogP contribution in [0, 0.1) is 23.2 Å². The number of nitriles is 1. The van der Waals surface area contributed by atoms with E-state index in [4.69, 9.17) is 10.4 Å². The van der Waals surface area contributed by atoms with Gasteiger partial charge in [0.25, 0.3) is 0 Å². The highest BCUT2D eigenvalue weighted by Crippen LogP contribution is 2.29. The van der Waals surface area contributed by atoms with E-state index in [1.54, 1.807) is 19.2 Å². The average Bonchev–Trinajstić information content (AvgIpc) is 2.27. The topological polar surface area (TPSA) is 77.2 Å². The van der Waals surface area contributed by atoms with E-state index in [1.165, 1.54) is 0 Å². The molecule has 1 aliphatic heterocycles. The third-order valence-corrected chi connectivity index (χ3v) is 3.23. The molecule has 0 radical (unpaired) electrons. The predicted molar refractivity (Wildman–Crippen MR) is 61.5 cm³/mol. The summed E-state index contributed by atoms with van der Waals surface area (Å²) >= 11 is 0. The van der Waals surface area contributed by atoms with Gasteiger partial charge in [-0.1, -0.05) is 6.92 Å². The fraction of sp³-hybridized carbons (Fsp3) is 0.417. The summed E-state index contributed by atoms with van der Waals surface area (Å²) in [7, 11) is 0. The molecule has 0 aromatic carbocycles. The maximum Gasteiger partial charge on any atom is 0.306 e. The van der Waals surface area contributed by atoms with Crippen LogP contribution >= 0.6 is 0 Å². The SMILES string of the molecule is CC(C(=O)O)C1CN(c2ccnc(C#N)c2)C1. The lowest BCUT2D eigenvalue weighted by Gasteiger charge is -2.42. The van der Waals surface area contributed by atoms with Crippen molar-refractivity contribution in [2.75, 3.05) is 18.0 Å². The van der Waals surface area contributed by atoms with Crippen LogP contribution in [0.3, 0.4) is 0 Å². The van der Waals surface area contributed by atoms with Crippen LogP contribution in [0.25, 0.3) is 0 Å². The Hall–Kier alpha value is -2.09. The normalized spacial score (nSPS) is 17.1. The molecule has 1 aromatic heterocycles. The van der Waals surface area contributed by atoms with Crippen molar-refractivity contribution in [2.45, 2.75) is 6.92 Å². The van der Waals surface area contributed by atoms with Crippen molar-refractivity contribution in [1.82, 2.24) is 4.98 Å². The number of pyridine rings is 1. The first kappa shape index (κ1) is 11.4. The Morgan fingerprint density at radius 3 is 3.00 bits per heavy atom. The molecule has 5 nitrogen and oxygen atoms in total. The van der Waals surface area contributed by atoms with Gasteiger partial charge in [0.2, 0.25) is 0 Å². The van der Waals surface area contributed by atoms with Crippen LogP contribution in [-0.2, 0) is 4.79 Å². The molecule has 0 spiro atoms. The first-order valence-corrected chi connectivity index (χ1v) is 5.45. The van der Waals surface area contributed by atoms with Crippen LogP contribution < -0.4 is 4.90 Å². The number of aliphatic carboxylic acids is 1.